The molecule has 5 heteroatoms. The Hall–Kier alpha value is -0.580. The molecule has 0 N–H and O–H groups in total. The van der Waals surface area contributed by atoms with Crippen LogP contribution in [0.2, 0.25) is 0 Å². The van der Waals surface area contributed by atoms with Gasteiger partial charge in [-0.3, -0.25) is 0 Å². The maximum atomic E-state index is 12.4. The molecule has 0 atom stereocenters. The SMILES string of the molecule is Fc1ccc(C(F)F)c(CBr)n1. The van der Waals surface area contributed by atoms with Crippen LogP contribution in [0.3, 0.4) is 0 Å². The van der Waals surface area contributed by atoms with Gasteiger partial charge in [0.05, 0.1) is 5.69 Å². The van der Waals surface area contributed by atoms with Crippen molar-refractivity contribution in [3.05, 3.63) is 29.3 Å². The molecule has 1 rings (SSSR count). The van der Waals surface area contributed by atoms with Crippen LogP contribution in [-0.2, 0) is 5.33 Å². The number of pyridine rings is 1. The molecule has 0 fully saturated rings. The smallest absolute Gasteiger partial charge is 0.223 e. The van der Waals surface area contributed by atoms with Gasteiger partial charge in [0.2, 0.25) is 5.95 Å². The molecule has 0 saturated carbocycles. The monoisotopic (exact) mass is 239 g/mol. The summed E-state index contributed by atoms with van der Waals surface area (Å²) in [6, 6.07) is 1.97. The predicted molar refractivity (Wildman–Crippen MR) is 41.8 cm³/mol. The van der Waals surface area contributed by atoms with Crippen LogP contribution in [0.4, 0.5) is 13.2 Å². The van der Waals surface area contributed by atoms with E-state index in [4.69, 9.17) is 0 Å². The number of halogens is 4. The Morgan fingerprint density at radius 3 is 2.58 bits per heavy atom. The lowest BCUT2D eigenvalue weighted by Gasteiger charge is -2.03. The molecule has 66 valence electrons. The Morgan fingerprint density at radius 1 is 1.42 bits per heavy atom. The van der Waals surface area contributed by atoms with Gasteiger partial charge in [0.15, 0.2) is 0 Å². The summed E-state index contributed by atoms with van der Waals surface area (Å²) in [5.41, 5.74) is -0.182. The van der Waals surface area contributed by atoms with Gasteiger partial charge in [-0.2, -0.15) is 4.39 Å². The van der Waals surface area contributed by atoms with E-state index in [1.807, 2.05) is 0 Å². The molecule has 0 radical (unpaired) electrons. The van der Waals surface area contributed by atoms with Crippen molar-refractivity contribution in [2.24, 2.45) is 0 Å². The Labute approximate surface area is 75.7 Å². The van der Waals surface area contributed by atoms with Gasteiger partial charge < -0.3 is 0 Å². The van der Waals surface area contributed by atoms with Crippen molar-refractivity contribution in [3.8, 4) is 0 Å². The highest BCUT2D eigenvalue weighted by molar-refractivity contribution is 9.08. The van der Waals surface area contributed by atoms with E-state index in [0.717, 1.165) is 12.1 Å². The molecule has 1 aromatic rings. The van der Waals surface area contributed by atoms with Crippen LogP contribution in [0, 0.1) is 5.95 Å². The van der Waals surface area contributed by atoms with Crippen LogP contribution in [0.15, 0.2) is 12.1 Å². The molecule has 0 bridgehead atoms. The Balaban J connectivity index is 3.11. The lowest BCUT2D eigenvalue weighted by atomic mass is 10.2. The molecule has 0 aliphatic heterocycles. The van der Waals surface area contributed by atoms with E-state index >= 15 is 0 Å². The van der Waals surface area contributed by atoms with Crippen molar-refractivity contribution in [2.45, 2.75) is 11.8 Å². The van der Waals surface area contributed by atoms with Crippen LogP contribution >= 0.6 is 15.9 Å². The van der Waals surface area contributed by atoms with Crippen molar-refractivity contribution in [1.29, 1.82) is 0 Å². The van der Waals surface area contributed by atoms with Crippen LogP contribution < -0.4 is 0 Å². The maximum absolute atomic E-state index is 12.4. The fourth-order valence-corrected chi connectivity index (χ4v) is 1.24. The number of nitrogens with zero attached hydrogens (tertiary/aromatic N) is 1. The van der Waals surface area contributed by atoms with E-state index in [-0.39, 0.29) is 16.6 Å². The first-order valence-corrected chi connectivity index (χ1v) is 4.26. The zero-order valence-electron chi connectivity index (χ0n) is 5.90. The second-order valence-corrected chi connectivity index (χ2v) is 2.66. The standard InChI is InChI=1S/C7H5BrF3N/c8-3-5-4(7(10)11)1-2-6(9)12-5/h1-2,7H,3H2. The van der Waals surface area contributed by atoms with Crippen molar-refractivity contribution in [1.82, 2.24) is 4.98 Å². The van der Waals surface area contributed by atoms with E-state index in [1.54, 1.807) is 0 Å². The zero-order chi connectivity index (χ0) is 9.14. The van der Waals surface area contributed by atoms with Crippen molar-refractivity contribution in [3.63, 3.8) is 0 Å². The summed E-state index contributed by atoms with van der Waals surface area (Å²) in [7, 11) is 0. The lowest BCUT2D eigenvalue weighted by Crippen LogP contribution is -1.97. The largest absolute Gasteiger partial charge is 0.265 e. The maximum Gasteiger partial charge on any atom is 0.265 e. The third kappa shape index (κ3) is 1.97. The highest BCUT2D eigenvalue weighted by Gasteiger charge is 2.13. The van der Waals surface area contributed by atoms with E-state index < -0.39 is 12.4 Å². The minimum atomic E-state index is -2.61. The highest BCUT2D eigenvalue weighted by Crippen LogP contribution is 2.23. The zero-order valence-corrected chi connectivity index (χ0v) is 7.48. The van der Waals surface area contributed by atoms with E-state index in [9.17, 15) is 13.2 Å². The van der Waals surface area contributed by atoms with Gasteiger partial charge in [0.25, 0.3) is 6.43 Å². The average molecular weight is 240 g/mol. The van der Waals surface area contributed by atoms with Gasteiger partial charge in [0.1, 0.15) is 0 Å². The fourth-order valence-electron chi connectivity index (χ4n) is 0.791. The topological polar surface area (TPSA) is 12.9 Å². The van der Waals surface area contributed by atoms with Gasteiger partial charge in [-0.1, -0.05) is 15.9 Å². The first-order valence-electron chi connectivity index (χ1n) is 3.14. The fraction of sp³-hybridized carbons (Fsp3) is 0.286. The van der Waals surface area contributed by atoms with Gasteiger partial charge in [0, 0.05) is 10.9 Å². The molecule has 0 amide bonds. The number of alkyl halides is 3. The van der Waals surface area contributed by atoms with Gasteiger partial charge in [-0.25, -0.2) is 13.8 Å². The highest BCUT2D eigenvalue weighted by atomic mass is 79.9. The molecule has 0 aromatic carbocycles. The van der Waals surface area contributed by atoms with E-state index in [0.29, 0.717) is 0 Å². The van der Waals surface area contributed by atoms with Gasteiger partial charge in [-0.05, 0) is 12.1 Å². The van der Waals surface area contributed by atoms with Crippen molar-refractivity contribution in [2.75, 3.05) is 0 Å². The molecule has 0 aliphatic carbocycles. The summed E-state index contributed by atoms with van der Waals surface area (Å²) in [5, 5.41) is 0.129. The molecule has 0 saturated heterocycles. The van der Waals surface area contributed by atoms with Crippen LogP contribution in [-0.4, -0.2) is 4.98 Å². The summed E-state index contributed by atoms with van der Waals surface area (Å²) in [6.45, 7) is 0. The normalized spacial score (nSPS) is 10.8. The molecular weight excluding hydrogens is 235 g/mol. The Morgan fingerprint density at radius 2 is 2.08 bits per heavy atom. The molecule has 12 heavy (non-hydrogen) atoms. The summed E-state index contributed by atoms with van der Waals surface area (Å²) in [4.78, 5) is 3.32. The molecule has 1 nitrogen and oxygen atoms in total. The molecular formula is C7H5BrF3N. The summed E-state index contributed by atoms with van der Waals surface area (Å²) in [5.74, 6) is -0.742. The number of hydrogen-bond acceptors (Lipinski definition) is 1. The van der Waals surface area contributed by atoms with Crippen LogP contribution in [0.5, 0.6) is 0 Å². The molecule has 0 spiro atoms. The first kappa shape index (κ1) is 9.51. The predicted octanol–water partition coefficient (Wildman–Crippen LogP) is 3.05. The molecule has 0 aliphatic rings. The van der Waals surface area contributed by atoms with Crippen molar-refractivity contribution >= 4 is 15.9 Å². The molecule has 1 aromatic heterocycles. The lowest BCUT2D eigenvalue weighted by molar-refractivity contribution is 0.150. The number of aromatic nitrogens is 1. The van der Waals surface area contributed by atoms with Crippen molar-refractivity contribution < 1.29 is 13.2 Å². The molecule has 0 unspecified atom stereocenters. The summed E-state index contributed by atoms with van der Waals surface area (Å²) in [6.07, 6.45) is -2.61. The van der Waals surface area contributed by atoms with Gasteiger partial charge >= 0.3 is 0 Å². The number of hydrogen-bond donors (Lipinski definition) is 0. The second-order valence-electron chi connectivity index (χ2n) is 2.10. The average Bonchev–Trinajstić information content (AvgIpc) is 2.03. The Bertz CT molecular complexity index is 277. The Kier molecular flexibility index (Phi) is 3.08. The van der Waals surface area contributed by atoms with Crippen LogP contribution in [0.25, 0.3) is 0 Å². The second kappa shape index (κ2) is 3.89. The minimum absolute atomic E-state index is 0.0463. The third-order valence-electron chi connectivity index (χ3n) is 1.34. The summed E-state index contributed by atoms with van der Waals surface area (Å²) < 4.78 is 36.7. The first-order chi connectivity index (χ1) is 5.65. The quantitative estimate of drug-likeness (QED) is 0.571. The number of rotatable bonds is 2. The summed E-state index contributed by atoms with van der Waals surface area (Å²) >= 11 is 2.95. The minimum Gasteiger partial charge on any atom is -0.223 e. The third-order valence-corrected chi connectivity index (χ3v) is 1.87. The van der Waals surface area contributed by atoms with Crippen LogP contribution in [0.1, 0.15) is 17.7 Å². The van der Waals surface area contributed by atoms with Gasteiger partial charge in [-0.15, -0.1) is 0 Å². The van der Waals surface area contributed by atoms with E-state index in [1.165, 1.54) is 0 Å². The molecule has 1 heterocycles. The van der Waals surface area contributed by atoms with E-state index in [2.05, 4.69) is 20.9 Å².